The fourth-order valence-electron chi connectivity index (χ4n) is 4.02. The molecule has 3 N–H and O–H groups in total. The Bertz CT molecular complexity index is 1240. The lowest BCUT2D eigenvalue weighted by Gasteiger charge is -2.28. The molecule has 3 aromatic rings. The fraction of sp³-hybridized carbons (Fsp3) is 0.409. The molecule has 0 aromatic carbocycles. The molecule has 0 unspecified atom stereocenters. The number of anilines is 1. The normalized spacial score (nSPS) is 21.6. The van der Waals surface area contributed by atoms with E-state index in [-0.39, 0.29) is 54.2 Å². The summed E-state index contributed by atoms with van der Waals surface area (Å²) in [6, 6.07) is 2.70. The lowest BCUT2D eigenvalue weighted by atomic mass is 10.1. The predicted octanol–water partition coefficient (Wildman–Crippen LogP) is 3.31. The van der Waals surface area contributed by atoms with Gasteiger partial charge in [-0.05, 0) is 37.9 Å². The maximum atomic E-state index is 14.7. The van der Waals surface area contributed by atoms with Gasteiger partial charge in [-0.3, -0.25) is 9.20 Å². The predicted molar refractivity (Wildman–Crippen MR) is 114 cm³/mol. The van der Waals surface area contributed by atoms with E-state index in [9.17, 15) is 26.7 Å². The maximum Gasteiger partial charge on any atom is 0.261 e. The SMILES string of the molecule is O=C(NC1(C(F)F)CC1)c1ccn2c(-c3nc(N[C@H]4CNCC[C@@H]4F)c(F)cc3F)cnc2c1. The van der Waals surface area contributed by atoms with E-state index < -0.39 is 41.7 Å². The summed E-state index contributed by atoms with van der Waals surface area (Å²) in [6.07, 6.45) is -0.479. The second-order valence-electron chi connectivity index (χ2n) is 8.61. The third kappa shape index (κ3) is 4.06. The average molecular weight is 480 g/mol. The second-order valence-corrected chi connectivity index (χ2v) is 8.61. The highest BCUT2D eigenvalue weighted by molar-refractivity contribution is 5.96. The zero-order valence-electron chi connectivity index (χ0n) is 17.8. The average Bonchev–Trinajstić information content (AvgIpc) is 3.48. The van der Waals surface area contributed by atoms with Gasteiger partial charge in [0.05, 0.1) is 17.9 Å². The van der Waals surface area contributed by atoms with Gasteiger partial charge in [0.25, 0.3) is 12.3 Å². The van der Waals surface area contributed by atoms with Gasteiger partial charge in [0.2, 0.25) is 0 Å². The van der Waals surface area contributed by atoms with Crippen molar-refractivity contribution in [2.75, 3.05) is 18.4 Å². The van der Waals surface area contributed by atoms with Gasteiger partial charge in [-0.25, -0.2) is 31.9 Å². The fourth-order valence-corrected chi connectivity index (χ4v) is 4.02. The minimum Gasteiger partial charge on any atom is -0.361 e. The first-order valence-corrected chi connectivity index (χ1v) is 10.8. The molecule has 0 bridgehead atoms. The van der Waals surface area contributed by atoms with Crippen LogP contribution in [0.3, 0.4) is 0 Å². The van der Waals surface area contributed by atoms with Crippen LogP contribution in [0.1, 0.15) is 29.6 Å². The number of pyridine rings is 2. The number of imidazole rings is 1. The lowest BCUT2D eigenvalue weighted by molar-refractivity contribution is 0.0680. The standard InChI is InChI=1S/C22H21F5N6O/c23-12-1-5-28-9-15(12)30-19-14(25)8-13(24)18(31-19)16-10-29-17-7-11(2-6-33(16)17)20(34)32-22(3-4-22)21(26)27/h2,6-8,10,12,15,21,28H,1,3-5,9H2,(H,30,31)(H,32,34)/t12-,15-/m0/s1. The van der Waals surface area contributed by atoms with E-state index in [0.29, 0.717) is 12.6 Å². The molecule has 1 saturated carbocycles. The molecule has 2 atom stereocenters. The molecule has 4 heterocycles. The highest BCUT2D eigenvalue weighted by Crippen LogP contribution is 2.41. The van der Waals surface area contributed by atoms with Gasteiger partial charge < -0.3 is 16.0 Å². The summed E-state index contributed by atoms with van der Waals surface area (Å²) in [4.78, 5) is 20.6. The Hall–Kier alpha value is -3.28. The monoisotopic (exact) mass is 480 g/mol. The van der Waals surface area contributed by atoms with E-state index in [1.807, 2.05) is 0 Å². The summed E-state index contributed by atoms with van der Waals surface area (Å²) in [6.45, 7) is 0.775. The quantitative estimate of drug-likeness (QED) is 0.472. The van der Waals surface area contributed by atoms with E-state index in [2.05, 4.69) is 25.9 Å². The van der Waals surface area contributed by atoms with Crippen molar-refractivity contribution in [3.63, 3.8) is 0 Å². The Kier molecular flexibility index (Phi) is 5.62. The number of fused-ring (bicyclic) bond motifs is 1. The zero-order chi connectivity index (χ0) is 24.0. The smallest absolute Gasteiger partial charge is 0.261 e. The van der Waals surface area contributed by atoms with Crippen LogP contribution in [-0.4, -0.2) is 57.5 Å². The van der Waals surface area contributed by atoms with Gasteiger partial charge in [-0.2, -0.15) is 0 Å². The largest absolute Gasteiger partial charge is 0.361 e. The van der Waals surface area contributed by atoms with Crippen molar-refractivity contribution in [3.8, 4) is 11.4 Å². The van der Waals surface area contributed by atoms with Crippen LogP contribution in [0.5, 0.6) is 0 Å². The first kappa shape index (κ1) is 22.5. The highest BCUT2D eigenvalue weighted by Gasteiger charge is 2.52. The summed E-state index contributed by atoms with van der Waals surface area (Å²) in [5, 5.41) is 8.08. The van der Waals surface area contributed by atoms with Crippen molar-refractivity contribution in [1.29, 1.82) is 0 Å². The lowest BCUT2D eigenvalue weighted by Crippen LogP contribution is -2.46. The Morgan fingerprint density at radius 3 is 2.74 bits per heavy atom. The number of alkyl halides is 3. The molecule has 180 valence electrons. The first-order chi connectivity index (χ1) is 16.3. The molecule has 5 rings (SSSR count). The number of rotatable bonds is 6. The van der Waals surface area contributed by atoms with Crippen molar-refractivity contribution >= 4 is 17.4 Å². The molecule has 2 aliphatic rings. The number of piperidine rings is 1. The van der Waals surface area contributed by atoms with E-state index in [1.54, 1.807) is 0 Å². The molecule has 34 heavy (non-hydrogen) atoms. The number of carbonyl (C=O) groups excluding carboxylic acids is 1. The molecular weight excluding hydrogens is 459 g/mol. The van der Waals surface area contributed by atoms with Crippen LogP contribution in [0, 0.1) is 11.6 Å². The van der Waals surface area contributed by atoms with Crippen LogP contribution in [0.4, 0.5) is 27.8 Å². The number of nitrogens with zero attached hydrogens (tertiary/aromatic N) is 3. The number of hydrogen-bond acceptors (Lipinski definition) is 5. The van der Waals surface area contributed by atoms with Gasteiger partial charge >= 0.3 is 0 Å². The number of carbonyl (C=O) groups is 1. The van der Waals surface area contributed by atoms with Crippen molar-refractivity contribution in [2.45, 2.75) is 43.4 Å². The van der Waals surface area contributed by atoms with Gasteiger partial charge in [0.1, 0.15) is 23.1 Å². The van der Waals surface area contributed by atoms with Gasteiger partial charge in [0, 0.05) is 24.4 Å². The van der Waals surface area contributed by atoms with Crippen molar-refractivity contribution in [2.24, 2.45) is 0 Å². The van der Waals surface area contributed by atoms with E-state index in [1.165, 1.54) is 28.9 Å². The highest BCUT2D eigenvalue weighted by atomic mass is 19.3. The minimum absolute atomic E-state index is 0.116. The van der Waals surface area contributed by atoms with E-state index in [0.717, 1.165) is 0 Å². The van der Waals surface area contributed by atoms with E-state index in [4.69, 9.17) is 0 Å². The Morgan fingerprint density at radius 2 is 2.03 bits per heavy atom. The Morgan fingerprint density at radius 1 is 1.24 bits per heavy atom. The Labute approximate surface area is 190 Å². The molecule has 1 aliphatic heterocycles. The number of aromatic nitrogens is 3. The third-order valence-electron chi connectivity index (χ3n) is 6.24. The number of hydrogen-bond donors (Lipinski definition) is 3. The summed E-state index contributed by atoms with van der Waals surface area (Å²) in [5.74, 6) is -2.86. The molecule has 1 amide bonds. The van der Waals surface area contributed by atoms with Crippen LogP contribution in [0.25, 0.3) is 17.0 Å². The Balaban J connectivity index is 1.43. The van der Waals surface area contributed by atoms with Crippen LogP contribution >= 0.6 is 0 Å². The maximum absolute atomic E-state index is 14.7. The third-order valence-corrected chi connectivity index (χ3v) is 6.24. The first-order valence-electron chi connectivity index (χ1n) is 10.8. The summed E-state index contributed by atoms with van der Waals surface area (Å²) >= 11 is 0. The van der Waals surface area contributed by atoms with E-state index >= 15 is 0 Å². The topological polar surface area (TPSA) is 83.4 Å². The van der Waals surface area contributed by atoms with Crippen molar-refractivity contribution < 1.29 is 26.7 Å². The van der Waals surface area contributed by atoms with Crippen LogP contribution < -0.4 is 16.0 Å². The number of amides is 1. The van der Waals surface area contributed by atoms with Crippen molar-refractivity contribution in [3.05, 3.63) is 47.8 Å². The number of nitrogens with one attached hydrogen (secondary N) is 3. The minimum atomic E-state index is -2.66. The summed E-state index contributed by atoms with van der Waals surface area (Å²) < 4.78 is 70.9. The van der Waals surface area contributed by atoms with Crippen LogP contribution in [0.2, 0.25) is 0 Å². The molecule has 2 fully saturated rings. The summed E-state index contributed by atoms with van der Waals surface area (Å²) in [5.41, 5.74) is -1.18. The molecule has 3 aromatic heterocycles. The van der Waals surface area contributed by atoms with Gasteiger partial charge in [-0.1, -0.05) is 0 Å². The van der Waals surface area contributed by atoms with Crippen molar-refractivity contribution in [1.82, 2.24) is 25.0 Å². The number of halogens is 5. The molecule has 0 spiro atoms. The van der Waals surface area contributed by atoms with Gasteiger partial charge in [-0.15, -0.1) is 0 Å². The van der Waals surface area contributed by atoms with Crippen LogP contribution in [0.15, 0.2) is 30.6 Å². The molecular formula is C22H21F5N6O. The molecule has 0 radical (unpaired) electrons. The van der Waals surface area contributed by atoms with Crippen LogP contribution in [-0.2, 0) is 0 Å². The molecule has 1 saturated heterocycles. The zero-order valence-corrected chi connectivity index (χ0v) is 17.8. The molecule has 1 aliphatic carbocycles. The molecule has 7 nitrogen and oxygen atoms in total. The summed E-state index contributed by atoms with van der Waals surface area (Å²) in [7, 11) is 0. The second kappa shape index (κ2) is 8.49. The van der Waals surface area contributed by atoms with Gasteiger partial charge in [0.15, 0.2) is 17.5 Å². The molecule has 12 heteroatoms.